The third kappa shape index (κ3) is 7.75. The molecule has 49 heavy (non-hydrogen) atoms. The summed E-state index contributed by atoms with van der Waals surface area (Å²) in [4.78, 5) is 43.7. The van der Waals surface area contributed by atoms with Crippen molar-refractivity contribution >= 4 is 61.4 Å². The van der Waals surface area contributed by atoms with Crippen LogP contribution in [0.15, 0.2) is 29.2 Å². The molecule has 258 valence electrons. The van der Waals surface area contributed by atoms with Crippen LogP contribution in [0.1, 0.15) is 31.7 Å². The monoisotopic (exact) mass is 687 g/mol. The van der Waals surface area contributed by atoms with E-state index in [1.165, 1.54) is 29.9 Å². The summed E-state index contributed by atoms with van der Waals surface area (Å²) < 4.78 is 34.2. The number of alkyl carbamates (subject to hydrolysis) is 1. The Bertz CT molecular complexity index is 1940. The number of aliphatic hydroxyl groups is 5. The molecule has 4 radical (unpaired) electrons. The first kappa shape index (κ1) is 35.5. The van der Waals surface area contributed by atoms with Crippen LogP contribution in [0.3, 0.4) is 0 Å². The molecule has 2 aliphatic carbocycles. The zero-order valence-electron chi connectivity index (χ0n) is 25.4. The van der Waals surface area contributed by atoms with E-state index < -0.39 is 59.4 Å². The fourth-order valence-corrected chi connectivity index (χ4v) is 5.59. The predicted octanol–water partition coefficient (Wildman–Crippen LogP) is -1.78. The molecule has 4 unspecified atom stereocenters. The minimum atomic E-state index is -3.53. The minimum absolute atomic E-state index is 0.0930. The molecule has 23 heteroatoms. The Morgan fingerprint density at radius 3 is 2.49 bits per heavy atom. The van der Waals surface area contributed by atoms with Gasteiger partial charge in [0.05, 0.1) is 29.7 Å². The summed E-state index contributed by atoms with van der Waals surface area (Å²) in [7, 11) is 12.5. The van der Waals surface area contributed by atoms with E-state index in [1.54, 1.807) is 0 Å². The number of halogens is 2. The Kier molecular flexibility index (Phi) is 9.33. The van der Waals surface area contributed by atoms with Gasteiger partial charge in [0, 0.05) is 29.4 Å². The zero-order chi connectivity index (χ0) is 36.1. The van der Waals surface area contributed by atoms with Crippen LogP contribution in [0.4, 0.5) is 25.2 Å². The van der Waals surface area contributed by atoms with Gasteiger partial charge in [-0.05, 0) is 37.8 Å². The summed E-state index contributed by atoms with van der Waals surface area (Å²) in [5, 5.41) is 60.3. The molecule has 0 bridgehead atoms. The largest absolute Gasteiger partial charge is 0.453 e. The summed E-state index contributed by atoms with van der Waals surface area (Å²) in [5.41, 5.74) is 2.86. The molecule has 2 aliphatic rings. The maximum Gasteiger partial charge on any atom is 0.406 e. The number of carbonyl (C=O) groups is 2. The fraction of sp³-hybridized carbons (Fsp3) is 0.462. The number of imidazole rings is 1. The van der Waals surface area contributed by atoms with Gasteiger partial charge in [-0.3, -0.25) is 14.5 Å². The molecule has 4 aromatic rings. The zero-order valence-corrected chi connectivity index (χ0v) is 25.4. The molecule has 6 rings (SSSR count). The van der Waals surface area contributed by atoms with Crippen molar-refractivity contribution in [1.29, 1.82) is 0 Å². The molecular weight excluding hydrogens is 658 g/mol. The quantitative estimate of drug-likeness (QED) is 0.0695. The molecule has 0 aromatic carbocycles. The van der Waals surface area contributed by atoms with E-state index in [0.717, 1.165) is 6.20 Å². The van der Waals surface area contributed by atoms with Gasteiger partial charge < -0.3 is 51.4 Å². The van der Waals surface area contributed by atoms with Gasteiger partial charge >= 0.3 is 17.9 Å². The van der Waals surface area contributed by atoms with Crippen molar-refractivity contribution in [3.63, 3.8) is 0 Å². The molecule has 4 heterocycles. The summed E-state index contributed by atoms with van der Waals surface area (Å²) in [5.74, 6) is -4.62. The lowest BCUT2D eigenvalue weighted by molar-refractivity contribution is -0.374. The second kappa shape index (κ2) is 12.9. The first-order valence-electron chi connectivity index (χ1n) is 14.4. The highest BCUT2D eigenvalue weighted by atomic mass is 19.3. The highest BCUT2D eigenvalue weighted by Gasteiger charge is 2.47. The molecule has 0 aliphatic heterocycles. The van der Waals surface area contributed by atoms with Crippen LogP contribution in [0, 0.1) is 11.8 Å². The maximum absolute atomic E-state index is 13.3. The smallest absolute Gasteiger partial charge is 0.406 e. The number of anilines is 2. The van der Waals surface area contributed by atoms with Crippen LogP contribution < -0.4 is 26.8 Å². The number of ether oxygens (including phenoxy) is 2. The van der Waals surface area contributed by atoms with E-state index >= 15 is 0 Å². The van der Waals surface area contributed by atoms with Crippen molar-refractivity contribution in [3.05, 3.63) is 34.9 Å². The van der Waals surface area contributed by atoms with E-state index in [4.69, 9.17) is 26.2 Å². The molecule has 4 atom stereocenters. The van der Waals surface area contributed by atoms with E-state index in [0.29, 0.717) is 11.0 Å². The van der Waals surface area contributed by atoms with E-state index in [1.807, 2.05) is 0 Å². The first-order chi connectivity index (χ1) is 22.8. The van der Waals surface area contributed by atoms with Crippen LogP contribution in [0.25, 0.3) is 22.1 Å². The minimum Gasteiger partial charge on any atom is -0.453 e. The van der Waals surface area contributed by atoms with Crippen molar-refractivity contribution < 1.29 is 53.4 Å². The molecule has 19 nitrogen and oxygen atoms in total. The molecule has 2 saturated carbocycles. The summed E-state index contributed by atoms with van der Waals surface area (Å²) in [6.45, 7) is 0. The number of methoxy groups -OCH3 is 1. The Balaban J connectivity index is 0.000000452. The average molecular weight is 687 g/mol. The number of hydrogen-bond donors (Lipinski definition) is 9. The van der Waals surface area contributed by atoms with Gasteiger partial charge in [-0.25, -0.2) is 32.9 Å². The summed E-state index contributed by atoms with van der Waals surface area (Å²) in [6.07, 6.45) is -4.53. The van der Waals surface area contributed by atoms with Gasteiger partial charge in [-0.1, -0.05) is 0 Å². The number of H-pyrrole nitrogens is 1. The number of nitrogens with two attached hydrogens (primary N) is 1. The third-order valence-electron chi connectivity index (χ3n) is 7.91. The number of alkyl halides is 2. The van der Waals surface area contributed by atoms with E-state index in [9.17, 15) is 48.7 Å². The van der Waals surface area contributed by atoms with Gasteiger partial charge in [0.2, 0.25) is 26.1 Å². The van der Waals surface area contributed by atoms with E-state index in [2.05, 4.69) is 35.5 Å². The van der Waals surface area contributed by atoms with Crippen molar-refractivity contribution in [3.8, 4) is 5.88 Å². The number of nitrogens with zero attached hydrogens (tertiary/aromatic N) is 5. The Hall–Kier alpha value is -4.83. The number of primary amides is 1. The van der Waals surface area contributed by atoms with Crippen molar-refractivity contribution in [2.45, 2.75) is 55.6 Å². The summed E-state index contributed by atoms with van der Waals surface area (Å²) >= 11 is 0. The number of fused-ring (bicyclic) bond motifs is 2. The van der Waals surface area contributed by atoms with Crippen LogP contribution in [-0.2, 0) is 15.6 Å². The lowest BCUT2D eigenvalue weighted by Gasteiger charge is -2.25. The first-order valence-corrected chi connectivity index (χ1v) is 14.4. The van der Waals surface area contributed by atoms with Crippen molar-refractivity contribution in [2.75, 3.05) is 12.4 Å². The summed E-state index contributed by atoms with van der Waals surface area (Å²) in [6, 6.07) is 3.82. The SMILES string of the molecule is NC(=O)C1CC1C(F)F.[B]C1(NC(=O)OC)CCC(n2c(=O)n(C(O)(O)O)c3cnc(Nc4ccc5c(OC([B])(O)O)n[nH]c5n4)cc32)C1. The van der Waals surface area contributed by atoms with Crippen LogP contribution in [0.5, 0.6) is 5.88 Å². The number of nitrogens with one attached hydrogen (secondary N) is 3. The van der Waals surface area contributed by atoms with Crippen molar-refractivity contribution in [2.24, 2.45) is 17.6 Å². The molecular formula is C26H29B2F2N9O10. The predicted molar refractivity (Wildman–Crippen MR) is 163 cm³/mol. The Morgan fingerprint density at radius 2 is 1.92 bits per heavy atom. The molecule has 0 spiro atoms. The average Bonchev–Trinajstić information content (AvgIpc) is 3.49. The number of amides is 2. The fourth-order valence-electron chi connectivity index (χ4n) is 5.59. The topological polar surface area (TPSA) is 285 Å². The molecule has 4 aromatic heterocycles. The third-order valence-corrected chi connectivity index (χ3v) is 7.91. The second-order valence-corrected chi connectivity index (χ2v) is 11.6. The van der Waals surface area contributed by atoms with Crippen molar-refractivity contribution in [1.82, 2.24) is 34.6 Å². The van der Waals surface area contributed by atoms with E-state index in [-0.39, 0.29) is 58.8 Å². The molecule has 2 amide bonds. The van der Waals surface area contributed by atoms with Gasteiger partial charge in [0.25, 0.3) is 5.87 Å². The lowest BCUT2D eigenvalue weighted by atomic mass is 9.76. The van der Waals surface area contributed by atoms with Gasteiger partial charge in [-0.15, -0.1) is 5.10 Å². The Morgan fingerprint density at radius 1 is 1.20 bits per heavy atom. The van der Waals surface area contributed by atoms with Crippen LogP contribution in [0.2, 0.25) is 0 Å². The number of pyridine rings is 2. The number of carbonyl (C=O) groups excluding carboxylic acids is 2. The van der Waals surface area contributed by atoms with Gasteiger partial charge in [-0.2, -0.15) is 0 Å². The van der Waals surface area contributed by atoms with Gasteiger partial charge in [0.1, 0.15) is 19.5 Å². The molecule has 2 fully saturated rings. The normalized spacial score (nSPS) is 22.1. The number of hydrogen-bond acceptors (Lipinski definition) is 14. The number of aromatic nitrogens is 6. The standard InChI is InChI=1S/C21H22B2N8O9.C5H7F2NO/c1-39-17(32)27-19(22)5-4-9(7-19)30-11-6-14(24-8-12(11)31(18(30)33)21(36,37)38)25-13-3-2-10-15(26-13)28-29-16(10)40-20(23,34)35;6-4(7)2-1-3(2)5(8)9/h2-3,6,8-9,34-38H,4-5,7H2,1H3,(H,27,32)(H2,24,25,26,28,29);2-4H,1H2,(H2,8,9). The molecule has 0 saturated heterocycles. The van der Waals surface area contributed by atoms with Crippen LogP contribution in [-0.4, -0.2) is 107 Å². The second-order valence-electron chi connectivity index (χ2n) is 11.6. The lowest BCUT2D eigenvalue weighted by Crippen LogP contribution is -2.47. The highest BCUT2D eigenvalue weighted by molar-refractivity contribution is 6.16. The van der Waals surface area contributed by atoms with Crippen LogP contribution >= 0.6 is 0 Å². The molecule has 10 N–H and O–H groups in total. The number of aromatic amines is 1. The highest BCUT2D eigenvalue weighted by Crippen LogP contribution is 2.42. The van der Waals surface area contributed by atoms with Gasteiger partial charge in [0.15, 0.2) is 5.65 Å². The number of rotatable bonds is 9. The maximum atomic E-state index is 13.3. The Labute approximate surface area is 275 Å².